The minimum absolute atomic E-state index is 1.12. The van der Waals surface area contributed by atoms with Crippen LogP contribution in [0.15, 0.2) is 48.5 Å². The van der Waals surface area contributed by atoms with Crippen LogP contribution in [0.4, 0.5) is 11.4 Å². The van der Waals surface area contributed by atoms with Crippen LogP contribution in [0.25, 0.3) is 0 Å². The molecule has 0 saturated carbocycles. The monoisotopic (exact) mass is 215 g/mol. The summed E-state index contributed by atoms with van der Waals surface area (Å²) < 4.78 is 0. The number of benzene rings is 2. The van der Waals surface area contributed by atoms with Gasteiger partial charge in [0.1, 0.15) is 0 Å². The molecule has 2 rings (SSSR count). The predicted molar refractivity (Wildman–Crippen MR) is 70.2 cm³/mol. The smallest absolute Gasteiger partial charge is 0.0459 e. The Morgan fingerprint density at radius 1 is 1.00 bits per heavy atom. The van der Waals surface area contributed by atoms with Crippen LogP contribution in [0.3, 0.4) is 0 Å². The van der Waals surface area contributed by atoms with Crippen LogP contribution in [0.1, 0.15) is 5.56 Å². The molecule has 0 fully saturated rings. The lowest BCUT2D eigenvalue weighted by Crippen LogP contribution is -2.01. The Hall–Kier alpha value is -1.33. The van der Waals surface area contributed by atoms with Gasteiger partial charge in [0, 0.05) is 11.4 Å². The number of para-hydroxylation sites is 1. The quantitative estimate of drug-likeness (QED) is 0.758. The molecule has 15 heavy (non-hydrogen) atoms. The molecule has 0 amide bonds. The maximum Gasteiger partial charge on any atom is 0.0459 e. The van der Waals surface area contributed by atoms with Crippen molar-refractivity contribution >= 4 is 25.9 Å². The van der Waals surface area contributed by atoms with E-state index in [9.17, 15) is 0 Å². The lowest BCUT2D eigenvalue weighted by molar-refractivity contribution is 1.47. The first kappa shape index (κ1) is 10.2. The van der Waals surface area contributed by atoms with Gasteiger partial charge in [-0.15, -0.1) is 9.24 Å². The van der Waals surface area contributed by atoms with Crippen LogP contribution in [-0.2, 0) is 0 Å². The van der Waals surface area contributed by atoms with Crippen molar-refractivity contribution in [1.82, 2.24) is 0 Å². The third-order valence-corrected chi connectivity index (χ3v) is 2.77. The van der Waals surface area contributed by atoms with E-state index < -0.39 is 0 Å². The van der Waals surface area contributed by atoms with E-state index in [4.69, 9.17) is 0 Å². The summed E-state index contributed by atoms with van der Waals surface area (Å²) in [5, 5.41) is 4.58. The van der Waals surface area contributed by atoms with Gasteiger partial charge in [-0.3, -0.25) is 0 Å². The lowest BCUT2D eigenvalue weighted by Gasteiger charge is -2.09. The van der Waals surface area contributed by atoms with Gasteiger partial charge in [-0.05, 0) is 36.0 Å². The number of aryl methyl sites for hydroxylation is 1. The molecule has 0 aliphatic carbocycles. The van der Waals surface area contributed by atoms with Crippen LogP contribution in [0.5, 0.6) is 0 Å². The van der Waals surface area contributed by atoms with E-state index in [2.05, 4.69) is 51.8 Å². The average molecular weight is 215 g/mol. The maximum atomic E-state index is 3.39. The fourth-order valence-corrected chi connectivity index (χ4v) is 1.71. The lowest BCUT2D eigenvalue weighted by atomic mass is 10.2. The van der Waals surface area contributed by atoms with Crippen LogP contribution in [0, 0.1) is 6.92 Å². The summed E-state index contributed by atoms with van der Waals surface area (Å²) in [4.78, 5) is 0. The highest BCUT2D eigenvalue weighted by molar-refractivity contribution is 7.28. The van der Waals surface area contributed by atoms with Crippen molar-refractivity contribution in [2.45, 2.75) is 6.92 Å². The highest BCUT2D eigenvalue weighted by atomic mass is 31.0. The first-order valence-electron chi connectivity index (χ1n) is 4.94. The number of rotatable bonds is 2. The van der Waals surface area contributed by atoms with Crippen molar-refractivity contribution in [1.29, 1.82) is 0 Å². The number of hydrogen-bond acceptors (Lipinski definition) is 1. The van der Waals surface area contributed by atoms with Gasteiger partial charge in [0.05, 0.1) is 0 Å². The zero-order valence-electron chi connectivity index (χ0n) is 8.70. The van der Waals surface area contributed by atoms with E-state index in [1.54, 1.807) is 0 Å². The van der Waals surface area contributed by atoms with Crippen molar-refractivity contribution in [3.8, 4) is 0 Å². The Bertz CT molecular complexity index is 451. The van der Waals surface area contributed by atoms with Gasteiger partial charge >= 0.3 is 0 Å². The van der Waals surface area contributed by atoms with Gasteiger partial charge in [0.25, 0.3) is 0 Å². The molecular weight excluding hydrogens is 201 g/mol. The zero-order chi connectivity index (χ0) is 10.7. The van der Waals surface area contributed by atoms with Crippen LogP contribution in [-0.4, -0.2) is 0 Å². The molecule has 0 aliphatic heterocycles. The van der Waals surface area contributed by atoms with Gasteiger partial charge in [-0.25, -0.2) is 0 Å². The van der Waals surface area contributed by atoms with Gasteiger partial charge in [0.15, 0.2) is 0 Å². The standard InChI is InChI=1S/C13H14NP/c1-10-7-8-13(15)12(9-10)14-11-5-3-2-4-6-11/h2-9,14H,15H2,1H3. The molecule has 1 N–H and O–H groups in total. The number of hydrogen-bond donors (Lipinski definition) is 1. The van der Waals surface area contributed by atoms with E-state index in [0.29, 0.717) is 0 Å². The largest absolute Gasteiger partial charge is 0.355 e. The van der Waals surface area contributed by atoms with Gasteiger partial charge in [0.2, 0.25) is 0 Å². The second-order valence-corrected chi connectivity index (χ2v) is 4.20. The highest BCUT2D eigenvalue weighted by Gasteiger charge is 1.98. The molecule has 76 valence electrons. The Balaban J connectivity index is 2.28. The van der Waals surface area contributed by atoms with Crippen molar-refractivity contribution in [2.75, 3.05) is 5.32 Å². The second kappa shape index (κ2) is 4.46. The molecule has 0 aliphatic rings. The Labute approximate surface area is 92.7 Å². The SMILES string of the molecule is Cc1ccc(P)c(Nc2ccccc2)c1. The molecule has 1 nitrogen and oxygen atoms in total. The van der Waals surface area contributed by atoms with E-state index in [1.807, 2.05) is 18.2 Å². The van der Waals surface area contributed by atoms with Crippen molar-refractivity contribution in [3.05, 3.63) is 54.1 Å². The van der Waals surface area contributed by atoms with Gasteiger partial charge < -0.3 is 5.32 Å². The Morgan fingerprint density at radius 3 is 2.47 bits per heavy atom. The van der Waals surface area contributed by atoms with E-state index in [-0.39, 0.29) is 0 Å². The first-order chi connectivity index (χ1) is 7.25. The van der Waals surface area contributed by atoms with Crippen LogP contribution >= 0.6 is 9.24 Å². The molecule has 2 heteroatoms. The normalized spacial score (nSPS) is 10.0. The topological polar surface area (TPSA) is 12.0 Å². The number of nitrogens with one attached hydrogen (secondary N) is 1. The van der Waals surface area contributed by atoms with Crippen molar-refractivity contribution in [3.63, 3.8) is 0 Å². The van der Waals surface area contributed by atoms with E-state index >= 15 is 0 Å². The summed E-state index contributed by atoms with van der Waals surface area (Å²) in [5.74, 6) is 0. The van der Waals surface area contributed by atoms with Crippen LogP contribution in [0.2, 0.25) is 0 Å². The zero-order valence-corrected chi connectivity index (χ0v) is 9.85. The summed E-state index contributed by atoms with van der Waals surface area (Å²) in [6.45, 7) is 2.10. The minimum Gasteiger partial charge on any atom is -0.355 e. The predicted octanol–water partition coefficient (Wildman–Crippen LogP) is 3.24. The fourth-order valence-electron chi connectivity index (χ4n) is 1.46. The first-order valence-corrected chi connectivity index (χ1v) is 5.51. The molecule has 0 radical (unpaired) electrons. The maximum absolute atomic E-state index is 3.39. The molecule has 0 bridgehead atoms. The van der Waals surface area contributed by atoms with Crippen LogP contribution < -0.4 is 10.6 Å². The summed E-state index contributed by atoms with van der Waals surface area (Å²) >= 11 is 0. The minimum atomic E-state index is 1.12. The summed E-state index contributed by atoms with van der Waals surface area (Å²) in [6, 6.07) is 16.6. The molecule has 0 heterocycles. The van der Waals surface area contributed by atoms with E-state index in [1.165, 1.54) is 10.9 Å². The third kappa shape index (κ3) is 2.57. The third-order valence-electron chi connectivity index (χ3n) is 2.26. The molecule has 1 unspecified atom stereocenters. The molecule has 0 saturated heterocycles. The van der Waals surface area contributed by atoms with Gasteiger partial charge in [-0.1, -0.05) is 30.3 Å². The Kier molecular flexibility index (Phi) is 3.03. The Morgan fingerprint density at radius 2 is 1.73 bits per heavy atom. The molecule has 2 aromatic rings. The molecule has 0 aromatic heterocycles. The van der Waals surface area contributed by atoms with Crippen molar-refractivity contribution in [2.24, 2.45) is 0 Å². The second-order valence-electron chi connectivity index (χ2n) is 3.58. The van der Waals surface area contributed by atoms with Gasteiger partial charge in [-0.2, -0.15) is 0 Å². The molecular formula is C13H14NP. The highest BCUT2D eigenvalue weighted by Crippen LogP contribution is 2.17. The molecule has 1 atom stereocenters. The fraction of sp³-hybridized carbons (Fsp3) is 0.0769. The average Bonchev–Trinajstić information content (AvgIpc) is 2.25. The summed E-state index contributed by atoms with van der Waals surface area (Å²) in [5.41, 5.74) is 3.53. The molecule has 0 spiro atoms. The molecule has 2 aromatic carbocycles. The summed E-state index contributed by atoms with van der Waals surface area (Å²) in [6.07, 6.45) is 0. The summed E-state index contributed by atoms with van der Waals surface area (Å²) in [7, 11) is 2.74. The van der Waals surface area contributed by atoms with E-state index in [0.717, 1.165) is 11.4 Å². The van der Waals surface area contributed by atoms with Crippen molar-refractivity contribution < 1.29 is 0 Å². The number of anilines is 2.